The van der Waals surface area contributed by atoms with Crippen molar-refractivity contribution >= 4 is 11.7 Å². The second-order valence-electron chi connectivity index (χ2n) is 6.15. The average molecular weight is 329 g/mol. The van der Waals surface area contributed by atoms with Gasteiger partial charge in [0.25, 0.3) is 0 Å². The van der Waals surface area contributed by atoms with Crippen molar-refractivity contribution in [2.75, 3.05) is 11.9 Å². The monoisotopic (exact) mass is 329 g/mol. The quantitative estimate of drug-likeness (QED) is 0.760. The molecule has 0 aliphatic carbocycles. The first-order valence-corrected chi connectivity index (χ1v) is 8.44. The Morgan fingerprint density at radius 2 is 1.68 bits per heavy atom. The molecule has 2 amide bonds. The highest BCUT2D eigenvalue weighted by molar-refractivity contribution is 5.89. The summed E-state index contributed by atoms with van der Waals surface area (Å²) in [6, 6.07) is 22.1. The molecule has 0 unspecified atom stereocenters. The number of carbonyl (C=O) groups excluding carboxylic acids is 1. The third-order valence-electron chi connectivity index (χ3n) is 4.51. The van der Waals surface area contributed by atoms with Crippen molar-refractivity contribution in [3.05, 3.63) is 84.2 Å². The number of pyridine rings is 1. The molecule has 2 heterocycles. The zero-order valence-electron chi connectivity index (χ0n) is 13.9. The average Bonchev–Trinajstić information content (AvgIpc) is 2.69. The molecule has 0 atom stereocenters. The Kier molecular flexibility index (Phi) is 4.17. The highest BCUT2D eigenvalue weighted by Crippen LogP contribution is 2.22. The minimum absolute atomic E-state index is 0.0798. The van der Waals surface area contributed by atoms with Crippen LogP contribution in [0.4, 0.5) is 10.5 Å². The molecule has 1 aliphatic rings. The van der Waals surface area contributed by atoms with Crippen molar-refractivity contribution in [1.82, 2.24) is 9.88 Å². The molecule has 1 aliphatic heterocycles. The van der Waals surface area contributed by atoms with Gasteiger partial charge in [-0.3, -0.25) is 4.98 Å². The summed E-state index contributed by atoms with van der Waals surface area (Å²) in [6.45, 7) is 1.27. The smallest absolute Gasteiger partial charge is 0.318 e. The summed E-state index contributed by atoms with van der Waals surface area (Å²) in [5, 5.41) is 2.98. The summed E-state index contributed by atoms with van der Waals surface area (Å²) in [6.07, 6.45) is 2.63. The lowest BCUT2D eigenvalue weighted by Gasteiger charge is -2.28. The zero-order chi connectivity index (χ0) is 17.1. The number of nitrogens with zero attached hydrogens (tertiary/aromatic N) is 2. The van der Waals surface area contributed by atoms with Crippen LogP contribution in [0.25, 0.3) is 11.1 Å². The van der Waals surface area contributed by atoms with Crippen LogP contribution in [0.2, 0.25) is 0 Å². The van der Waals surface area contributed by atoms with E-state index in [-0.39, 0.29) is 6.03 Å². The predicted octanol–water partition coefficient (Wildman–Crippen LogP) is 4.34. The van der Waals surface area contributed by atoms with E-state index in [0.29, 0.717) is 13.1 Å². The second kappa shape index (κ2) is 6.77. The van der Waals surface area contributed by atoms with Gasteiger partial charge in [0.15, 0.2) is 0 Å². The van der Waals surface area contributed by atoms with Crippen molar-refractivity contribution in [2.45, 2.75) is 13.0 Å². The largest absolute Gasteiger partial charge is 0.322 e. The maximum absolute atomic E-state index is 12.5. The fourth-order valence-corrected chi connectivity index (χ4v) is 3.11. The van der Waals surface area contributed by atoms with E-state index in [1.165, 1.54) is 11.1 Å². The number of carbonyl (C=O) groups is 1. The highest BCUT2D eigenvalue weighted by atomic mass is 16.2. The first kappa shape index (κ1) is 15.4. The minimum atomic E-state index is -0.0798. The Morgan fingerprint density at radius 1 is 0.920 bits per heavy atom. The van der Waals surface area contributed by atoms with Gasteiger partial charge >= 0.3 is 6.03 Å². The second-order valence-corrected chi connectivity index (χ2v) is 6.15. The van der Waals surface area contributed by atoms with Crippen LogP contribution in [0.15, 0.2) is 72.9 Å². The van der Waals surface area contributed by atoms with Crippen molar-refractivity contribution in [2.24, 2.45) is 0 Å². The number of anilines is 1. The van der Waals surface area contributed by atoms with Gasteiger partial charge in [-0.05, 0) is 41.3 Å². The summed E-state index contributed by atoms with van der Waals surface area (Å²) in [7, 11) is 0. The summed E-state index contributed by atoms with van der Waals surface area (Å²) in [5.41, 5.74) is 5.33. The molecule has 3 aromatic rings. The lowest BCUT2D eigenvalue weighted by atomic mass is 10.1. The van der Waals surface area contributed by atoms with E-state index in [1.54, 1.807) is 11.1 Å². The minimum Gasteiger partial charge on any atom is -0.318 e. The van der Waals surface area contributed by atoms with Gasteiger partial charge < -0.3 is 10.2 Å². The molecular weight excluding hydrogens is 310 g/mol. The fraction of sp³-hybridized carbons (Fsp3) is 0.143. The van der Waals surface area contributed by atoms with Crippen molar-refractivity contribution in [1.29, 1.82) is 0 Å². The number of fused-ring (bicyclic) bond motifs is 1. The maximum atomic E-state index is 12.5. The zero-order valence-corrected chi connectivity index (χ0v) is 13.9. The first-order valence-electron chi connectivity index (χ1n) is 8.44. The van der Waals surface area contributed by atoms with Gasteiger partial charge in [0.2, 0.25) is 0 Å². The Morgan fingerprint density at radius 3 is 2.48 bits per heavy atom. The topological polar surface area (TPSA) is 45.2 Å². The third kappa shape index (κ3) is 3.38. The van der Waals surface area contributed by atoms with Gasteiger partial charge in [-0.2, -0.15) is 0 Å². The summed E-state index contributed by atoms with van der Waals surface area (Å²) in [4.78, 5) is 18.7. The van der Waals surface area contributed by atoms with E-state index in [0.717, 1.165) is 23.4 Å². The Hall–Kier alpha value is -3.14. The number of aromatic nitrogens is 1. The number of nitrogens with one attached hydrogen (secondary N) is 1. The number of hydrogen-bond acceptors (Lipinski definition) is 2. The third-order valence-corrected chi connectivity index (χ3v) is 4.51. The van der Waals surface area contributed by atoms with Crippen molar-refractivity contribution in [3.63, 3.8) is 0 Å². The van der Waals surface area contributed by atoms with Gasteiger partial charge in [-0.25, -0.2) is 4.79 Å². The molecule has 1 N–H and O–H groups in total. The molecule has 0 radical (unpaired) electrons. The number of hydrogen-bond donors (Lipinski definition) is 1. The Labute approximate surface area is 147 Å². The molecule has 0 bridgehead atoms. The molecule has 0 spiro atoms. The first-order chi connectivity index (χ1) is 12.3. The van der Waals surface area contributed by atoms with Crippen LogP contribution >= 0.6 is 0 Å². The summed E-state index contributed by atoms with van der Waals surface area (Å²) < 4.78 is 0. The van der Waals surface area contributed by atoms with Gasteiger partial charge in [0.05, 0.1) is 12.2 Å². The molecule has 0 saturated carbocycles. The van der Waals surface area contributed by atoms with E-state index < -0.39 is 0 Å². The predicted molar refractivity (Wildman–Crippen MR) is 99.2 cm³/mol. The van der Waals surface area contributed by atoms with E-state index in [1.807, 2.05) is 48.5 Å². The molecule has 124 valence electrons. The van der Waals surface area contributed by atoms with Crippen LogP contribution in [0, 0.1) is 0 Å². The number of rotatable bonds is 2. The van der Waals surface area contributed by atoms with Crippen LogP contribution in [0.5, 0.6) is 0 Å². The molecule has 0 fully saturated rings. The SMILES string of the molecule is O=C(Nc1ccc(-c2ccccc2)cc1)N1CCc2cccnc2C1. The molecule has 4 nitrogen and oxygen atoms in total. The van der Waals surface area contributed by atoms with E-state index >= 15 is 0 Å². The van der Waals surface area contributed by atoms with E-state index in [2.05, 4.69) is 28.5 Å². The normalized spacial score (nSPS) is 13.2. The van der Waals surface area contributed by atoms with Crippen molar-refractivity contribution in [3.8, 4) is 11.1 Å². The summed E-state index contributed by atoms with van der Waals surface area (Å²) in [5.74, 6) is 0. The van der Waals surface area contributed by atoms with Crippen LogP contribution < -0.4 is 5.32 Å². The molecule has 0 saturated heterocycles. The standard InChI is InChI=1S/C21H19N3O/c25-21(24-14-12-18-7-4-13-22-20(18)15-24)23-19-10-8-17(9-11-19)16-5-2-1-3-6-16/h1-11,13H,12,14-15H2,(H,23,25). The number of amides is 2. The van der Waals surface area contributed by atoms with E-state index in [4.69, 9.17) is 0 Å². The van der Waals surface area contributed by atoms with E-state index in [9.17, 15) is 4.79 Å². The lowest BCUT2D eigenvalue weighted by molar-refractivity contribution is 0.205. The Bertz CT molecular complexity index is 875. The molecule has 4 rings (SSSR count). The van der Waals surface area contributed by atoms with Crippen molar-refractivity contribution < 1.29 is 4.79 Å². The molecule has 1 aromatic heterocycles. The van der Waals surface area contributed by atoms with Gasteiger partial charge in [0, 0.05) is 18.4 Å². The highest BCUT2D eigenvalue weighted by Gasteiger charge is 2.21. The van der Waals surface area contributed by atoms with Gasteiger partial charge in [0.1, 0.15) is 0 Å². The van der Waals surface area contributed by atoms with Gasteiger partial charge in [-0.15, -0.1) is 0 Å². The molecule has 4 heteroatoms. The molecule has 25 heavy (non-hydrogen) atoms. The Balaban J connectivity index is 1.43. The number of benzene rings is 2. The van der Waals surface area contributed by atoms with Crippen LogP contribution in [0.3, 0.4) is 0 Å². The van der Waals surface area contributed by atoms with Crippen LogP contribution in [-0.2, 0) is 13.0 Å². The molecular formula is C21H19N3O. The summed E-state index contributed by atoms with van der Waals surface area (Å²) >= 11 is 0. The molecule has 2 aromatic carbocycles. The van der Waals surface area contributed by atoms with Crippen LogP contribution in [-0.4, -0.2) is 22.5 Å². The van der Waals surface area contributed by atoms with Crippen LogP contribution in [0.1, 0.15) is 11.3 Å². The van der Waals surface area contributed by atoms with Gasteiger partial charge in [-0.1, -0.05) is 48.5 Å². The number of urea groups is 1. The lowest BCUT2D eigenvalue weighted by Crippen LogP contribution is -2.39. The fourth-order valence-electron chi connectivity index (χ4n) is 3.11. The maximum Gasteiger partial charge on any atom is 0.322 e.